The molecule has 0 aromatic carbocycles. The Morgan fingerprint density at radius 3 is 2.87 bits per heavy atom. The molecule has 1 fully saturated rings. The first-order chi connectivity index (χ1) is 7.11. The smallest absolute Gasteiger partial charge is 0.243 e. The summed E-state index contributed by atoms with van der Waals surface area (Å²) in [6, 6.07) is -0.437. The van der Waals surface area contributed by atoms with Crippen LogP contribution in [0.25, 0.3) is 0 Å². The van der Waals surface area contributed by atoms with E-state index in [9.17, 15) is 9.59 Å². The van der Waals surface area contributed by atoms with Crippen LogP contribution < -0.4 is 5.32 Å². The van der Waals surface area contributed by atoms with Crippen molar-refractivity contribution in [3.05, 3.63) is 0 Å². The van der Waals surface area contributed by atoms with Crippen molar-refractivity contribution in [3.63, 3.8) is 0 Å². The molecular weight excluding hydrogens is 192 g/mol. The normalized spacial score (nSPS) is 23.3. The van der Waals surface area contributed by atoms with E-state index < -0.39 is 0 Å². The molecule has 0 saturated carbocycles. The Balaban J connectivity index is 2.84. The van der Waals surface area contributed by atoms with Crippen LogP contribution in [-0.2, 0) is 9.59 Å². The molecule has 0 aromatic rings. The van der Waals surface area contributed by atoms with Crippen LogP contribution in [0.1, 0.15) is 26.7 Å². The standard InChI is InChI=1S/C11H16N2O2/c1-4-6-8(3)13-9(5-2)11(15)12-7-10(13)14/h1,8-9H,5-7H2,2-3H3,(H,12,15). The van der Waals surface area contributed by atoms with Crippen LogP contribution >= 0.6 is 0 Å². The SMILES string of the molecule is C#CCC(C)N1C(=O)CNC(=O)C1CC. The molecule has 2 amide bonds. The molecule has 0 aliphatic carbocycles. The summed E-state index contributed by atoms with van der Waals surface area (Å²) in [7, 11) is 0. The molecular formula is C11H16N2O2. The Labute approximate surface area is 90.0 Å². The first kappa shape index (κ1) is 11.6. The number of carbonyl (C=O) groups excluding carboxylic acids is 2. The molecule has 1 N–H and O–H groups in total. The molecule has 4 heteroatoms. The second-order valence-corrected chi connectivity index (χ2v) is 3.70. The number of piperazine rings is 1. The van der Waals surface area contributed by atoms with Crippen molar-refractivity contribution in [3.8, 4) is 12.3 Å². The molecule has 4 nitrogen and oxygen atoms in total. The van der Waals surface area contributed by atoms with E-state index in [2.05, 4.69) is 11.2 Å². The lowest BCUT2D eigenvalue weighted by atomic mass is 10.1. The fraction of sp³-hybridized carbons (Fsp3) is 0.636. The van der Waals surface area contributed by atoms with Crippen molar-refractivity contribution < 1.29 is 9.59 Å². The van der Waals surface area contributed by atoms with Crippen LogP contribution in [-0.4, -0.2) is 35.3 Å². The van der Waals surface area contributed by atoms with Crippen LogP contribution in [0.15, 0.2) is 0 Å². The van der Waals surface area contributed by atoms with Gasteiger partial charge in [0.05, 0.1) is 6.54 Å². The number of carbonyl (C=O) groups is 2. The molecule has 1 aliphatic heterocycles. The summed E-state index contributed by atoms with van der Waals surface area (Å²) in [5, 5.41) is 2.58. The average molecular weight is 208 g/mol. The number of hydrogen-bond acceptors (Lipinski definition) is 2. The first-order valence-electron chi connectivity index (χ1n) is 5.14. The highest BCUT2D eigenvalue weighted by Gasteiger charge is 2.35. The van der Waals surface area contributed by atoms with Gasteiger partial charge < -0.3 is 10.2 Å². The second kappa shape index (κ2) is 4.83. The van der Waals surface area contributed by atoms with Crippen LogP contribution in [0.2, 0.25) is 0 Å². The van der Waals surface area contributed by atoms with E-state index in [1.807, 2.05) is 13.8 Å². The Hall–Kier alpha value is -1.50. The number of nitrogens with one attached hydrogen (secondary N) is 1. The third-order valence-corrected chi connectivity index (χ3v) is 2.62. The van der Waals surface area contributed by atoms with Gasteiger partial charge in [0.2, 0.25) is 11.8 Å². The summed E-state index contributed by atoms with van der Waals surface area (Å²) >= 11 is 0. The minimum atomic E-state index is -0.366. The molecule has 1 aliphatic rings. The van der Waals surface area contributed by atoms with E-state index in [0.29, 0.717) is 12.8 Å². The van der Waals surface area contributed by atoms with Crippen molar-refractivity contribution in [2.24, 2.45) is 0 Å². The van der Waals surface area contributed by atoms with Crippen molar-refractivity contribution >= 4 is 11.8 Å². The Morgan fingerprint density at radius 2 is 2.33 bits per heavy atom. The predicted molar refractivity (Wildman–Crippen MR) is 56.8 cm³/mol. The summed E-state index contributed by atoms with van der Waals surface area (Å²) in [6.45, 7) is 3.85. The molecule has 15 heavy (non-hydrogen) atoms. The lowest BCUT2D eigenvalue weighted by Crippen LogP contribution is -2.60. The fourth-order valence-electron chi connectivity index (χ4n) is 1.88. The van der Waals surface area contributed by atoms with Gasteiger partial charge in [-0.15, -0.1) is 12.3 Å². The Kier molecular flexibility index (Phi) is 3.73. The maximum absolute atomic E-state index is 11.7. The minimum absolute atomic E-state index is 0.0517. The van der Waals surface area contributed by atoms with Crippen LogP contribution in [0, 0.1) is 12.3 Å². The lowest BCUT2D eigenvalue weighted by molar-refractivity contribution is -0.147. The van der Waals surface area contributed by atoms with E-state index in [0.717, 1.165) is 0 Å². The van der Waals surface area contributed by atoms with E-state index in [4.69, 9.17) is 6.42 Å². The predicted octanol–water partition coefficient (Wildman–Crippen LogP) is 0.135. The molecule has 1 saturated heterocycles. The van der Waals surface area contributed by atoms with E-state index in [1.165, 1.54) is 0 Å². The molecule has 1 rings (SSSR count). The van der Waals surface area contributed by atoms with Gasteiger partial charge >= 0.3 is 0 Å². The number of terminal acetylenes is 1. The first-order valence-corrected chi connectivity index (χ1v) is 5.14. The van der Waals surface area contributed by atoms with Crippen LogP contribution in [0.5, 0.6) is 0 Å². The average Bonchev–Trinajstić information content (AvgIpc) is 2.21. The molecule has 0 aromatic heterocycles. The highest BCUT2D eigenvalue weighted by Crippen LogP contribution is 2.15. The van der Waals surface area contributed by atoms with E-state index in [1.54, 1.807) is 4.90 Å². The fourth-order valence-corrected chi connectivity index (χ4v) is 1.88. The Bertz CT molecular complexity index is 306. The van der Waals surface area contributed by atoms with Gasteiger partial charge in [0.25, 0.3) is 0 Å². The van der Waals surface area contributed by atoms with Gasteiger partial charge in [-0.1, -0.05) is 6.92 Å². The van der Waals surface area contributed by atoms with Crippen molar-refractivity contribution in [1.82, 2.24) is 10.2 Å². The maximum Gasteiger partial charge on any atom is 0.243 e. The van der Waals surface area contributed by atoms with Crippen molar-refractivity contribution in [1.29, 1.82) is 0 Å². The van der Waals surface area contributed by atoms with Crippen molar-refractivity contribution in [2.75, 3.05) is 6.54 Å². The monoisotopic (exact) mass is 208 g/mol. The van der Waals surface area contributed by atoms with Gasteiger partial charge in [-0.3, -0.25) is 9.59 Å². The Morgan fingerprint density at radius 1 is 1.67 bits per heavy atom. The molecule has 0 radical (unpaired) electrons. The number of rotatable bonds is 3. The molecule has 0 bridgehead atoms. The maximum atomic E-state index is 11.7. The van der Waals surface area contributed by atoms with Crippen LogP contribution in [0.4, 0.5) is 0 Å². The zero-order valence-corrected chi connectivity index (χ0v) is 9.12. The van der Waals surface area contributed by atoms with Gasteiger partial charge in [-0.05, 0) is 13.3 Å². The molecule has 0 spiro atoms. The summed E-state index contributed by atoms with van der Waals surface area (Å²) in [6.07, 6.45) is 6.31. The van der Waals surface area contributed by atoms with Gasteiger partial charge in [-0.25, -0.2) is 0 Å². The van der Waals surface area contributed by atoms with Crippen LogP contribution in [0.3, 0.4) is 0 Å². The summed E-state index contributed by atoms with van der Waals surface area (Å²) in [5.74, 6) is 2.39. The van der Waals surface area contributed by atoms with E-state index >= 15 is 0 Å². The van der Waals surface area contributed by atoms with Gasteiger partial charge in [0.1, 0.15) is 6.04 Å². The lowest BCUT2D eigenvalue weighted by Gasteiger charge is -2.38. The number of nitrogens with zero attached hydrogens (tertiary/aromatic N) is 1. The van der Waals surface area contributed by atoms with Gasteiger partial charge in [0, 0.05) is 12.5 Å². The third kappa shape index (κ3) is 2.30. The topological polar surface area (TPSA) is 49.4 Å². The zero-order chi connectivity index (χ0) is 11.4. The molecule has 82 valence electrons. The van der Waals surface area contributed by atoms with Crippen molar-refractivity contribution in [2.45, 2.75) is 38.8 Å². The highest BCUT2D eigenvalue weighted by molar-refractivity contribution is 5.94. The van der Waals surface area contributed by atoms with E-state index in [-0.39, 0.29) is 30.4 Å². The zero-order valence-electron chi connectivity index (χ0n) is 9.12. The summed E-state index contributed by atoms with van der Waals surface area (Å²) < 4.78 is 0. The second-order valence-electron chi connectivity index (χ2n) is 3.70. The molecule has 1 heterocycles. The van der Waals surface area contributed by atoms with Gasteiger partial charge in [-0.2, -0.15) is 0 Å². The summed E-state index contributed by atoms with van der Waals surface area (Å²) in [4.78, 5) is 24.8. The highest BCUT2D eigenvalue weighted by atomic mass is 16.2. The largest absolute Gasteiger partial charge is 0.345 e. The van der Waals surface area contributed by atoms with Gasteiger partial charge in [0.15, 0.2) is 0 Å². The molecule has 2 atom stereocenters. The minimum Gasteiger partial charge on any atom is -0.345 e. The third-order valence-electron chi connectivity index (χ3n) is 2.62. The quantitative estimate of drug-likeness (QED) is 0.670. The molecule has 2 unspecified atom stereocenters. The summed E-state index contributed by atoms with van der Waals surface area (Å²) in [5.41, 5.74) is 0. The number of amides is 2. The number of hydrogen-bond donors (Lipinski definition) is 1.